The van der Waals surface area contributed by atoms with Crippen LogP contribution in [0.4, 0.5) is 0 Å². The highest BCUT2D eigenvalue weighted by Gasteiger charge is 2.32. The van der Waals surface area contributed by atoms with E-state index in [4.69, 9.17) is 0 Å². The Kier molecular flexibility index (Phi) is 6.73. The molecule has 0 aromatic heterocycles. The van der Waals surface area contributed by atoms with E-state index in [9.17, 15) is 9.59 Å². The highest BCUT2D eigenvalue weighted by molar-refractivity contribution is 7.98. The summed E-state index contributed by atoms with van der Waals surface area (Å²) in [6.45, 7) is 3.08. The Bertz CT molecular complexity index is 233. The number of rotatable bonds is 8. The third-order valence-corrected chi connectivity index (χ3v) is 4.03. The molecule has 92 valence electrons. The van der Waals surface area contributed by atoms with Crippen LogP contribution in [0.15, 0.2) is 0 Å². The summed E-state index contributed by atoms with van der Waals surface area (Å²) in [6.07, 6.45) is 8.23. The molecular formula is C12H21NO2S. The van der Waals surface area contributed by atoms with Gasteiger partial charge in [-0.1, -0.05) is 51.0 Å². The second-order valence-corrected chi connectivity index (χ2v) is 5.25. The lowest BCUT2D eigenvalue weighted by molar-refractivity contribution is -0.124. The average Bonchev–Trinajstić information content (AvgIpc) is 2.64. The van der Waals surface area contributed by atoms with Crippen LogP contribution in [-0.4, -0.2) is 34.7 Å². The van der Waals surface area contributed by atoms with Gasteiger partial charge in [0, 0.05) is 6.54 Å². The normalized spacial score (nSPS) is 21.6. The van der Waals surface area contributed by atoms with Crippen LogP contribution in [0, 0.1) is 0 Å². The average molecular weight is 243 g/mol. The van der Waals surface area contributed by atoms with Crippen molar-refractivity contribution in [3.8, 4) is 0 Å². The Hall–Kier alpha value is -0.350. The molecule has 1 atom stereocenters. The first-order chi connectivity index (χ1) is 7.79. The summed E-state index contributed by atoms with van der Waals surface area (Å²) in [7, 11) is 0. The molecule has 1 aliphatic rings. The van der Waals surface area contributed by atoms with Crippen LogP contribution in [0.5, 0.6) is 0 Å². The molecular weight excluding hydrogens is 222 g/mol. The second kappa shape index (κ2) is 7.85. The lowest BCUT2D eigenvalue weighted by Crippen LogP contribution is -2.32. The Balaban J connectivity index is 2.08. The van der Waals surface area contributed by atoms with Crippen molar-refractivity contribution in [2.45, 2.75) is 51.5 Å². The zero-order chi connectivity index (χ0) is 11.8. The van der Waals surface area contributed by atoms with E-state index in [2.05, 4.69) is 6.92 Å². The van der Waals surface area contributed by atoms with E-state index in [1.807, 2.05) is 4.31 Å². The second-order valence-electron chi connectivity index (χ2n) is 4.23. The number of Topliss-reactive ketones (excluding diaryl/α,β-unsaturated/α-hetero) is 1. The molecule has 4 heteroatoms. The third-order valence-electron chi connectivity index (χ3n) is 2.87. The largest absolute Gasteiger partial charge is 0.301 e. The summed E-state index contributed by atoms with van der Waals surface area (Å²) in [5, 5.41) is 0. The standard InChI is InChI=1S/C12H21NO2S/c1-2-3-4-5-6-7-8-13-11(9-14)12(15)10-16-13/h9,11H,2-8,10H2,1H3. The molecule has 1 aliphatic heterocycles. The number of unbranched alkanes of at least 4 members (excludes halogenated alkanes) is 5. The van der Waals surface area contributed by atoms with Crippen molar-refractivity contribution in [3.05, 3.63) is 0 Å². The van der Waals surface area contributed by atoms with E-state index in [1.54, 1.807) is 0 Å². The molecule has 0 aliphatic carbocycles. The van der Waals surface area contributed by atoms with Gasteiger partial charge in [0.15, 0.2) is 5.78 Å². The number of hydrogen-bond donors (Lipinski definition) is 0. The minimum absolute atomic E-state index is 0.0611. The number of aldehydes is 1. The molecule has 1 saturated heterocycles. The lowest BCUT2D eigenvalue weighted by atomic mass is 10.1. The van der Waals surface area contributed by atoms with Crippen molar-refractivity contribution in [1.29, 1.82) is 0 Å². The zero-order valence-corrected chi connectivity index (χ0v) is 10.8. The van der Waals surface area contributed by atoms with E-state index in [-0.39, 0.29) is 5.78 Å². The predicted octanol–water partition coefficient (Wildman–Crippen LogP) is 2.45. The van der Waals surface area contributed by atoms with Gasteiger partial charge in [0.1, 0.15) is 12.3 Å². The maximum atomic E-state index is 11.3. The molecule has 1 rings (SSSR count). The Morgan fingerprint density at radius 3 is 2.69 bits per heavy atom. The van der Waals surface area contributed by atoms with E-state index in [0.717, 1.165) is 19.3 Å². The van der Waals surface area contributed by atoms with Crippen LogP contribution < -0.4 is 0 Å². The maximum Gasteiger partial charge on any atom is 0.169 e. The minimum Gasteiger partial charge on any atom is -0.301 e. The summed E-state index contributed by atoms with van der Waals surface area (Å²) in [6, 6.07) is -0.472. The summed E-state index contributed by atoms with van der Waals surface area (Å²) in [5.74, 6) is 0.533. The topological polar surface area (TPSA) is 37.4 Å². The fourth-order valence-corrected chi connectivity index (χ4v) is 2.92. The predicted molar refractivity (Wildman–Crippen MR) is 67.4 cm³/mol. The monoisotopic (exact) mass is 243 g/mol. The number of nitrogens with zero attached hydrogens (tertiary/aromatic N) is 1. The van der Waals surface area contributed by atoms with E-state index in [0.29, 0.717) is 5.75 Å². The van der Waals surface area contributed by atoms with Gasteiger partial charge in [0.2, 0.25) is 0 Å². The molecule has 16 heavy (non-hydrogen) atoms. The Morgan fingerprint density at radius 2 is 2.00 bits per heavy atom. The van der Waals surface area contributed by atoms with Crippen molar-refractivity contribution in [1.82, 2.24) is 4.31 Å². The molecule has 1 fully saturated rings. The van der Waals surface area contributed by atoms with Crippen LogP contribution in [0.25, 0.3) is 0 Å². The number of carbonyl (C=O) groups excluding carboxylic acids is 2. The molecule has 3 nitrogen and oxygen atoms in total. The van der Waals surface area contributed by atoms with Crippen molar-refractivity contribution < 1.29 is 9.59 Å². The smallest absolute Gasteiger partial charge is 0.169 e. The minimum atomic E-state index is -0.472. The highest BCUT2D eigenvalue weighted by Crippen LogP contribution is 2.23. The van der Waals surface area contributed by atoms with Gasteiger partial charge in [-0.25, -0.2) is 4.31 Å². The number of ketones is 1. The van der Waals surface area contributed by atoms with Gasteiger partial charge >= 0.3 is 0 Å². The van der Waals surface area contributed by atoms with Gasteiger partial charge in [-0.15, -0.1) is 0 Å². The van der Waals surface area contributed by atoms with E-state index in [1.165, 1.54) is 44.1 Å². The molecule has 1 heterocycles. The van der Waals surface area contributed by atoms with Crippen LogP contribution in [0.2, 0.25) is 0 Å². The summed E-state index contributed by atoms with van der Waals surface area (Å²) >= 11 is 1.50. The molecule has 0 bridgehead atoms. The van der Waals surface area contributed by atoms with Crippen LogP contribution in [-0.2, 0) is 9.59 Å². The van der Waals surface area contributed by atoms with Gasteiger partial charge in [-0.05, 0) is 6.42 Å². The highest BCUT2D eigenvalue weighted by atomic mass is 32.2. The number of hydrogen-bond acceptors (Lipinski definition) is 4. The molecule has 0 aromatic carbocycles. The number of carbonyl (C=O) groups is 2. The zero-order valence-electron chi connectivity index (χ0n) is 9.98. The van der Waals surface area contributed by atoms with E-state index >= 15 is 0 Å². The van der Waals surface area contributed by atoms with Crippen LogP contribution in [0.1, 0.15) is 45.4 Å². The molecule has 0 amide bonds. The first-order valence-corrected chi connectivity index (χ1v) is 7.11. The van der Waals surface area contributed by atoms with Crippen LogP contribution >= 0.6 is 11.9 Å². The quantitative estimate of drug-likeness (QED) is 0.284. The molecule has 0 spiro atoms. The first-order valence-electron chi connectivity index (χ1n) is 6.17. The first kappa shape index (κ1) is 13.7. The van der Waals surface area contributed by atoms with Crippen LogP contribution in [0.3, 0.4) is 0 Å². The van der Waals surface area contributed by atoms with Gasteiger partial charge < -0.3 is 4.79 Å². The van der Waals surface area contributed by atoms with Crippen molar-refractivity contribution >= 4 is 24.0 Å². The summed E-state index contributed by atoms with van der Waals surface area (Å²) < 4.78 is 1.94. The maximum absolute atomic E-state index is 11.3. The molecule has 0 radical (unpaired) electrons. The van der Waals surface area contributed by atoms with Crippen molar-refractivity contribution in [2.75, 3.05) is 12.3 Å². The fraction of sp³-hybridized carbons (Fsp3) is 0.833. The van der Waals surface area contributed by atoms with Crippen molar-refractivity contribution in [3.63, 3.8) is 0 Å². The fourth-order valence-electron chi connectivity index (χ4n) is 1.87. The van der Waals surface area contributed by atoms with Gasteiger partial charge in [0.25, 0.3) is 0 Å². The molecule has 1 unspecified atom stereocenters. The van der Waals surface area contributed by atoms with Gasteiger partial charge in [-0.3, -0.25) is 4.79 Å². The van der Waals surface area contributed by atoms with E-state index < -0.39 is 6.04 Å². The molecule has 0 aromatic rings. The molecule has 0 N–H and O–H groups in total. The van der Waals surface area contributed by atoms with Gasteiger partial charge in [0.05, 0.1) is 5.75 Å². The molecule has 0 saturated carbocycles. The van der Waals surface area contributed by atoms with Gasteiger partial charge in [-0.2, -0.15) is 0 Å². The Morgan fingerprint density at radius 1 is 1.31 bits per heavy atom. The summed E-state index contributed by atoms with van der Waals surface area (Å²) in [4.78, 5) is 22.0. The Labute approximate surface area is 102 Å². The summed E-state index contributed by atoms with van der Waals surface area (Å²) in [5.41, 5.74) is 0. The van der Waals surface area contributed by atoms with Crippen molar-refractivity contribution in [2.24, 2.45) is 0 Å². The lowest BCUT2D eigenvalue weighted by Gasteiger charge is -2.16. The third kappa shape index (κ3) is 4.26. The SMILES string of the molecule is CCCCCCCCN1SCC(=O)C1C=O.